The molecule has 0 saturated heterocycles. The Kier molecular flexibility index (Phi) is 12.6. The van der Waals surface area contributed by atoms with Gasteiger partial charge in [-0.2, -0.15) is 0 Å². The van der Waals surface area contributed by atoms with Crippen molar-refractivity contribution in [2.45, 2.75) is 39.0 Å². The van der Waals surface area contributed by atoms with Gasteiger partial charge in [0, 0.05) is 0 Å². The Morgan fingerprint density at radius 3 is 2.00 bits per heavy atom. The zero-order valence-corrected chi connectivity index (χ0v) is 10.4. The first kappa shape index (κ1) is 14.7. The summed E-state index contributed by atoms with van der Waals surface area (Å²) in [6.07, 6.45) is 24.7. The van der Waals surface area contributed by atoms with Crippen LogP contribution in [-0.2, 0) is 0 Å². The summed E-state index contributed by atoms with van der Waals surface area (Å²) in [5.74, 6) is 0. The van der Waals surface area contributed by atoms with Gasteiger partial charge in [0.1, 0.15) is 0 Å². The summed E-state index contributed by atoms with van der Waals surface area (Å²) in [7, 11) is 0. The van der Waals surface area contributed by atoms with Crippen molar-refractivity contribution in [1.82, 2.24) is 0 Å². The van der Waals surface area contributed by atoms with Crippen molar-refractivity contribution in [1.29, 1.82) is 0 Å². The Labute approximate surface area is 101 Å². The van der Waals surface area contributed by atoms with E-state index >= 15 is 0 Å². The maximum absolute atomic E-state index is 3.60. The fourth-order valence-corrected chi connectivity index (χ4v) is 1.26. The highest BCUT2D eigenvalue weighted by Crippen LogP contribution is 2.02. The molecule has 16 heavy (non-hydrogen) atoms. The fourth-order valence-electron chi connectivity index (χ4n) is 1.26. The maximum atomic E-state index is 3.60. The summed E-state index contributed by atoms with van der Waals surface area (Å²) in [6, 6.07) is 0. The number of unbranched alkanes of at least 4 members (excludes halogenated alkanes) is 4. The first-order chi connectivity index (χ1) is 7.91. The molecule has 0 aliphatic rings. The van der Waals surface area contributed by atoms with E-state index in [2.05, 4.69) is 31.7 Å². The SMILES string of the molecule is C=C/C=C/C=C/C=C/C=C/CCCCCC. The zero-order valence-electron chi connectivity index (χ0n) is 10.4. The Bertz CT molecular complexity index is 251. The molecule has 0 heterocycles. The number of rotatable bonds is 9. The highest BCUT2D eigenvalue weighted by Gasteiger charge is 1.82. The average molecular weight is 216 g/mol. The van der Waals surface area contributed by atoms with Crippen LogP contribution in [0.15, 0.2) is 61.3 Å². The number of hydrogen-bond acceptors (Lipinski definition) is 0. The molecule has 0 saturated carbocycles. The predicted octanol–water partition coefficient (Wildman–Crippen LogP) is 5.37. The molecule has 0 N–H and O–H groups in total. The lowest BCUT2D eigenvalue weighted by Gasteiger charge is -1.92. The van der Waals surface area contributed by atoms with Crippen LogP contribution in [0.2, 0.25) is 0 Å². The largest absolute Gasteiger partial charge is 0.0991 e. The highest BCUT2D eigenvalue weighted by atomic mass is 13.9. The molecule has 0 rings (SSSR count). The minimum absolute atomic E-state index is 1.20. The van der Waals surface area contributed by atoms with Crippen molar-refractivity contribution >= 4 is 0 Å². The second kappa shape index (κ2) is 13.7. The molecule has 0 aliphatic heterocycles. The van der Waals surface area contributed by atoms with Crippen LogP contribution in [0.4, 0.5) is 0 Å². The van der Waals surface area contributed by atoms with E-state index in [1.165, 1.54) is 32.1 Å². The van der Waals surface area contributed by atoms with E-state index < -0.39 is 0 Å². The molecule has 0 heteroatoms. The van der Waals surface area contributed by atoms with Crippen LogP contribution < -0.4 is 0 Å². The van der Waals surface area contributed by atoms with Crippen LogP contribution in [0.25, 0.3) is 0 Å². The van der Waals surface area contributed by atoms with Crippen molar-refractivity contribution in [2.75, 3.05) is 0 Å². The third kappa shape index (κ3) is 12.7. The van der Waals surface area contributed by atoms with E-state index in [0.29, 0.717) is 0 Å². The number of allylic oxidation sites excluding steroid dienone is 9. The molecule has 0 fully saturated rings. The molecule has 0 aromatic rings. The van der Waals surface area contributed by atoms with E-state index in [0.717, 1.165) is 0 Å². The van der Waals surface area contributed by atoms with Crippen molar-refractivity contribution < 1.29 is 0 Å². The molecule has 0 aromatic carbocycles. The van der Waals surface area contributed by atoms with Gasteiger partial charge < -0.3 is 0 Å². The Balaban J connectivity index is 3.44. The summed E-state index contributed by atoms with van der Waals surface area (Å²) in [5, 5.41) is 0. The summed E-state index contributed by atoms with van der Waals surface area (Å²) in [5.41, 5.74) is 0. The molecular weight excluding hydrogens is 192 g/mol. The van der Waals surface area contributed by atoms with Gasteiger partial charge in [0.25, 0.3) is 0 Å². The van der Waals surface area contributed by atoms with Crippen molar-refractivity contribution in [3.8, 4) is 0 Å². The summed E-state index contributed by atoms with van der Waals surface area (Å²) >= 11 is 0. The van der Waals surface area contributed by atoms with Gasteiger partial charge in [-0.1, -0.05) is 87.4 Å². The van der Waals surface area contributed by atoms with E-state index in [9.17, 15) is 0 Å². The van der Waals surface area contributed by atoms with Gasteiger partial charge >= 0.3 is 0 Å². The minimum atomic E-state index is 1.20. The van der Waals surface area contributed by atoms with Crippen LogP contribution in [0.3, 0.4) is 0 Å². The summed E-state index contributed by atoms with van der Waals surface area (Å²) in [4.78, 5) is 0. The number of hydrogen-bond donors (Lipinski definition) is 0. The van der Waals surface area contributed by atoms with Crippen molar-refractivity contribution in [3.63, 3.8) is 0 Å². The molecule has 0 unspecified atom stereocenters. The lowest BCUT2D eigenvalue weighted by molar-refractivity contribution is 0.674. The molecule has 0 aromatic heterocycles. The van der Waals surface area contributed by atoms with Crippen LogP contribution in [0.5, 0.6) is 0 Å². The molecule has 0 bridgehead atoms. The third-order valence-electron chi connectivity index (χ3n) is 2.16. The van der Waals surface area contributed by atoms with Gasteiger partial charge in [-0.3, -0.25) is 0 Å². The molecule has 0 atom stereocenters. The van der Waals surface area contributed by atoms with Crippen LogP contribution in [0.1, 0.15) is 39.0 Å². The predicted molar refractivity (Wildman–Crippen MR) is 75.5 cm³/mol. The smallest absolute Gasteiger partial charge is 0.0348 e. The van der Waals surface area contributed by atoms with Gasteiger partial charge in [0.05, 0.1) is 0 Å². The lowest BCUT2D eigenvalue weighted by Crippen LogP contribution is -1.72. The van der Waals surface area contributed by atoms with Crippen molar-refractivity contribution in [2.24, 2.45) is 0 Å². The van der Waals surface area contributed by atoms with Gasteiger partial charge in [-0.25, -0.2) is 0 Å². The Hall–Kier alpha value is -1.30. The monoisotopic (exact) mass is 216 g/mol. The minimum Gasteiger partial charge on any atom is -0.0991 e. The fraction of sp³-hybridized carbons (Fsp3) is 0.375. The van der Waals surface area contributed by atoms with Crippen LogP contribution in [0, 0.1) is 0 Å². The van der Waals surface area contributed by atoms with E-state index in [1.807, 2.05) is 30.4 Å². The second-order valence-corrected chi connectivity index (χ2v) is 3.67. The molecular formula is C16H24. The summed E-state index contributed by atoms with van der Waals surface area (Å²) in [6.45, 7) is 5.84. The molecule has 0 spiro atoms. The normalized spacial score (nSPS) is 12.6. The Morgan fingerprint density at radius 2 is 1.38 bits per heavy atom. The van der Waals surface area contributed by atoms with Crippen LogP contribution >= 0.6 is 0 Å². The van der Waals surface area contributed by atoms with Gasteiger partial charge in [0.15, 0.2) is 0 Å². The highest BCUT2D eigenvalue weighted by molar-refractivity contribution is 5.17. The topological polar surface area (TPSA) is 0 Å². The molecule has 0 nitrogen and oxygen atoms in total. The standard InChI is InChI=1S/C16H24/c1-3-5-7-9-11-13-15-16-14-12-10-8-6-4-2/h3,5,7,9,11,13-16H,1,4,6,8,10,12H2,2H3/b7-5+,11-9+,15-13+,16-14+. The molecule has 88 valence electrons. The Morgan fingerprint density at radius 1 is 0.750 bits per heavy atom. The summed E-state index contributed by atoms with van der Waals surface area (Å²) < 4.78 is 0. The van der Waals surface area contributed by atoms with Crippen molar-refractivity contribution in [3.05, 3.63) is 61.3 Å². The lowest BCUT2D eigenvalue weighted by atomic mass is 10.1. The first-order valence-corrected chi connectivity index (χ1v) is 6.19. The quantitative estimate of drug-likeness (QED) is 0.359. The van der Waals surface area contributed by atoms with Crippen LogP contribution in [-0.4, -0.2) is 0 Å². The van der Waals surface area contributed by atoms with Gasteiger partial charge in [0.2, 0.25) is 0 Å². The maximum Gasteiger partial charge on any atom is -0.0348 e. The molecule has 0 amide bonds. The van der Waals surface area contributed by atoms with E-state index in [1.54, 1.807) is 6.08 Å². The third-order valence-corrected chi connectivity index (χ3v) is 2.16. The van der Waals surface area contributed by atoms with E-state index in [-0.39, 0.29) is 0 Å². The second-order valence-electron chi connectivity index (χ2n) is 3.67. The molecule has 0 radical (unpaired) electrons. The van der Waals surface area contributed by atoms with E-state index in [4.69, 9.17) is 0 Å². The molecule has 0 aliphatic carbocycles. The van der Waals surface area contributed by atoms with Gasteiger partial charge in [-0.05, 0) is 12.8 Å². The average Bonchev–Trinajstić information content (AvgIpc) is 2.31. The zero-order chi connectivity index (χ0) is 11.9. The van der Waals surface area contributed by atoms with Gasteiger partial charge in [-0.15, -0.1) is 0 Å². The first-order valence-electron chi connectivity index (χ1n) is 6.19.